The van der Waals surface area contributed by atoms with E-state index in [2.05, 4.69) is 0 Å². The third kappa shape index (κ3) is 5.20. The highest BCUT2D eigenvalue weighted by Gasteiger charge is 2.42. The molecule has 7 heteroatoms. The van der Waals surface area contributed by atoms with Gasteiger partial charge in [-0.05, 0) is 25.0 Å². The smallest absolute Gasteiger partial charge is 0.249 e. The summed E-state index contributed by atoms with van der Waals surface area (Å²) in [6, 6.07) is 9.03. The Morgan fingerprint density at radius 1 is 1.11 bits per heavy atom. The van der Waals surface area contributed by atoms with Crippen LogP contribution in [-0.2, 0) is 19.1 Å². The molecular weight excluding hydrogens is 348 g/mol. The highest BCUT2D eigenvalue weighted by molar-refractivity contribution is 5.89. The summed E-state index contributed by atoms with van der Waals surface area (Å²) in [5.74, 6) is 0.597. The fourth-order valence-corrected chi connectivity index (χ4v) is 3.62. The molecule has 148 valence electrons. The van der Waals surface area contributed by atoms with Crippen LogP contribution in [0, 0.1) is 0 Å². The van der Waals surface area contributed by atoms with Gasteiger partial charge in [0.25, 0.3) is 0 Å². The van der Waals surface area contributed by atoms with E-state index in [9.17, 15) is 9.59 Å². The standard InChI is InChI=1S/C20H28N2O5/c1-25-11-12-26-15-19(23)22-14-17(27-16-7-3-2-4-8-16)13-18(22)20(24)21-9-5-6-10-21/h2-4,7-8,17-18H,5-6,9-15H2,1H3/t17-,18-/m0/s1. The SMILES string of the molecule is COCCOCC(=O)N1C[C@@H](Oc2ccccc2)C[C@H]1C(=O)N1CCCC1. The largest absolute Gasteiger partial charge is 0.488 e. The van der Waals surface area contributed by atoms with Crippen molar-refractivity contribution in [3.8, 4) is 5.75 Å². The van der Waals surface area contributed by atoms with Crippen molar-refractivity contribution in [2.45, 2.75) is 31.4 Å². The number of likely N-dealkylation sites (tertiary alicyclic amines) is 2. The van der Waals surface area contributed by atoms with Crippen LogP contribution in [0.25, 0.3) is 0 Å². The molecule has 0 N–H and O–H groups in total. The number of methoxy groups -OCH3 is 1. The first-order chi connectivity index (χ1) is 13.2. The quantitative estimate of drug-likeness (QED) is 0.640. The van der Waals surface area contributed by atoms with Crippen molar-refractivity contribution in [1.29, 1.82) is 0 Å². The maximum Gasteiger partial charge on any atom is 0.249 e. The first-order valence-electron chi connectivity index (χ1n) is 9.55. The fraction of sp³-hybridized carbons (Fsp3) is 0.600. The summed E-state index contributed by atoms with van der Waals surface area (Å²) < 4.78 is 16.3. The number of carbonyl (C=O) groups excluding carboxylic acids is 2. The molecule has 0 aliphatic carbocycles. The molecule has 2 atom stereocenters. The molecule has 27 heavy (non-hydrogen) atoms. The molecule has 2 aliphatic heterocycles. The van der Waals surface area contributed by atoms with Gasteiger partial charge in [-0.3, -0.25) is 9.59 Å². The lowest BCUT2D eigenvalue weighted by atomic mass is 10.1. The number of ether oxygens (including phenoxy) is 3. The normalized spacial score (nSPS) is 22.3. The van der Waals surface area contributed by atoms with Gasteiger partial charge in [0, 0.05) is 26.6 Å². The van der Waals surface area contributed by atoms with E-state index < -0.39 is 6.04 Å². The van der Waals surface area contributed by atoms with Crippen molar-refractivity contribution in [3.63, 3.8) is 0 Å². The minimum absolute atomic E-state index is 0.0249. The molecule has 2 aliphatic rings. The van der Waals surface area contributed by atoms with Crippen LogP contribution in [0.15, 0.2) is 30.3 Å². The Hall–Kier alpha value is -2.12. The molecule has 1 aromatic rings. The average molecular weight is 376 g/mol. The lowest BCUT2D eigenvalue weighted by Gasteiger charge is -2.27. The number of amides is 2. The van der Waals surface area contributed by atoms with E-state index in [-0.39, 0.29) is 24.5 Å². The number of hydrogen-bond donors (Lipinski definition) is 0. The maximum atomic E-state index is 13.0. The molecule has 2 amide bonds. The average Bonchev–Trinajstić information content (AvgIpc) is 3.35. The van der Waals surface area contributed by atoms with Gasteiger partial charge in [-0.15, -0.1) is 0 Å². The zero-order valence-corrected chi connectivity index (χ0v) is 15.8. The van der Waals surface area contributed by atoms with Crippen LogP contribution in [0.3, 0.4) is 0 Å². The van der Waals surface area contributed by atoms with Gasteiger partial charge in [0.2, 0.25) is 11.8 Å². The third-order valence-electron chi connectivity index (χ3n) is 4.99. The van der Waals surface area contributed by atoms with Crippen molar-refractivity contribution in [2.75, 3.05) is 46.6 Å². The maximum absolute atomic E-state index is 13.0. The zero-order valence-electron chi connectivity index (χ0n) is 15.8. The van der Waals surface area contributed by atoms with E-state index in [1.54, 1.807) is 12.0 Å². The Kier molecular flexibility index (Phi) is 7.06. The molecule has 0 spiro atoms. The molecule has 2 fully saturated rings. The number of rotatable bonds is 8. The van der Waals surface area contributed by atoms with Crippen molar-refractivity contribution < 1.29 is 23.8 Å². The van der Waals surface area contributed by atoms with Crippen LogP contribution in [0.5, 0.6) is 5.75 Å². The third-order valence-corrected chi connectivity index (χ3v) is 4.99. The number of nitrogens with zero attached hydrogens (tertiary/aromatic N) is 2. The van der Waals surface area contributed by atoms with Gasteiger partial charge < -0.3 is 24.0 Å². The summed E-state index contributed by atoms with van der Waals surface area (Å²) in [5, 5.41) is 0. The molecule has 0 unspecified atom stereocenters. The van der Waals surface area contributed by atoms with Gasteiger partial charge in [0.15, 0.2) is 0 Å². The second-order valence-corrected chi connectivity index (χ2v) is 6.93. The van der Waals surface area contributed by atoms with E-state index in [4.69, 9.17) is 14.2 Å². The van der Waals surface area contributed by atoms with E-state index in [0.29, 0.717) is 26.2 Å². The Labute approximate surface area is 160 Å². The molecule has 2 heterocycles. The Morgan fingerprint density at radius 3 is 2.56 bits per heavy atom. The summed E-state index contributed by atoms with van der Waals surface area (Å²) in [4.78, 5) is 29.1. The molecule has 0 bridgehead atoms. The van der Waals surface area contributed by atoms with Crippen LogP contribution in [0.4, 0.5) is 0 Å². The van der Waals surface area contributed by atoms with E-state index >= 15 is 0 Å². The second kappa shape index (κ2) is 9.71. The summed E-state index contributed by atoms with van der Waals surface area (Å²) in [6.45, 7) is 2.67. The molecule has 0 aromatic heterocycles. The summed E-state index contributed by atoms with van der Waals surface area (Å²) in [6.07, 6.45) is 2.35. The zero-order chi connectivity index (χ0) is 19.1. The van der Waals surface area contributed by atoms with Gasteiger partial charge in [-0.1, -0.05) is 18.2 Å². The second-order valence-electron chi connectivity index (χ2n) is 6.93. The van der Waals surface area contributed by atoms with Crippen molar-refractivity contribution in [2.24, 2.45) is 0 Å². The van der Waals surface area contributed by atoms with E-state index in [0.717, 1.165) is 31.7 Å². The number of para-hydroxylation sites is 1. The Balaban J connectivity index is 1.64. The van der Waals surface area contributed by atoms with Gasteiger partial charge in [-0.2, -0.15) is 0 Å². The van der Waals surface area contributed by atoms with Crippen molar-refractivity contribution >= 4 is 11.8 Å². The summed E-state index contributed by atoms with van der Waals surface area (Å²) in [7, 11) is 1.59. The van der Waals surface area contributed by atoms with Crippen LogP contribution in [0.2, 0.25) is 0 Å². The molecule has 7 nitrogen and oxygen atoms in total. The summed E-state index contributed by atoms with van der Waals surface area (Å²) in [5.41, 5.74) is 0. The first kappa shape index (κ1) is 19.6. The van der Waals surface area contributed by atoms with Crippen molar-refractivity contribution in [3.05, 3.63) is 30.3 Å². The first-order valence-corrected chi connectivity index (χ1v) is 9.55. The molecule has 2 saturated heterocycles. The predicted molar refractivity (Wildman–Crippen MR) is 99.5 cm³/mol. The molecule has 0 radical (unpaired) electrons. The van der Waals surface area contributed by atoms with E-state index in [1.165, 1.54) is 0 Å². The minimum Gasteiger partial charge on any atom is -0.488 e. The lowest BCUT2D eigenvalue weighted by molar-refractivity contribution is -0.146. The van der Waals surface area contributed by atoms with Gasteiger partial charge in [0.05, 0.1) is 19.8 Å². The monoisotopic (exact) mass is 376 g/mol. The fourth-order valence-electron chi connectivity index (χ4n) is 3.62. The molecule has 3 rings (SSSR count). The number of carbonyl (C=O) groups is 2. The lowest BCUT2D eigenvalue weighted by Crippen LogP contribution is -2.48. The van der Waals surface area contributed by atoms with Crippen molar-refractivity contribution in [1.82, 2.24) is 9.80 Å². The van der Waals surface area contributed by atoms with Crippen LogP contribution >= 0.6 is 0 Å². The van der Waals surface area contributed by atoms with E-state index in [1.807, 2.05) is 35.2 Å². The Bertz CT molecular complexity index is 618. The van der Waals surface area contributed by atoms with Gasteiger partial charge >= 0.3 is 0 Å². The molecular formula is C20H28N2O5. The predicted octanol–water partition coefficient (Wildman–Crippen LogP) is 1.32. The Morgan fingerprint density at radius 2 is 1.85 bits per heavy atom. The van der Waals surface area contributed by atoms with Crippen LogP contribution in [-0.4, -0.2) is 80.3 Å². The van der Waals surface area contributed by atoms with Crippen LogP contribution < -0.4 is 4.74 Å². The minimum atomic E-state index is -0.477. The topological polar surface area (TPSA) is 68.3 Å². The highest BCUT2D eigenvalue weighted by atomic mass is 16.5. The molecule has 1 aromatic carbocycles. The highest BCUT2D eigenvalue weighted by Crippen LogP contribution is 2.26. The summed E-state index contributed by atoms with van der Waals surface area (Å²) >= 11 is 0. The van der Waals surface area contributed by atoms with Gasteiger partial charge in [0.1, 0.15) is 24.5 Å². The van der Waals surface area contributed by atoms with Gasteiger partial charge in [-0.25, -0.2) is 0 Å². The number of benzene rings is 1. The molecule has 0 saturated carbocycles. The van der Waals surface area contributed by atoms with Crippen LogP contribution in [0.1, 0.15) is 19.3 Å². The number of hydrogen-bond acceptors (Lipinski definition) is 5.